The van der Waals surface area contributed by atoms with Crippen LogP contribution in [0, 0.1) is 5.92 Å². The molecule has 0 bridgehead atoms. The maximum absolute atomic E-state index is 5.98. The molecule has 2 nitrogen and oxygen atoms in total. The molecule has 3 heteroatoms. The summed E-state index contributed by atoms with van der Waals surface area (Å²) >= 11 is 5.98. The molecule has 1 aliphatic rings. The minimum Gasteiger partial charge on any atom is -0.327 e. The fourth-order valence-electron chi connectivity index (χ4n) is 3.97. The van der Waals surface area contributed by atoms with Gasteiger partial charge in [-0.1, -0.05) is 61.3 Å². The molecule has 2 unspecified atom stereocenters. The van der Waals surface area contributed by atoms with Gasteiger partial charge in [-0.25, -0.2) is 4.98 Å². The number of aromatic nitrogens is 2. The zero-order valence-electron chi connectivity index (χ0n) is 14.5. The van der Waals surface area contributed by atoms with Crippen molar-refractivity contribution >= 4 is 11.6 Å². The molecular formula is C22H23ClN2. The summed E-state index contributed by atoms with van der Waals surface area (Å²) in [5.74, 6) is 0.868. The van der Waals surface area contributed by atoms with E-state index >= 15 is 0 Å². The molecule has 128 valence electrons. The van der Waals surface area contributed by atoms with E-state index in [0.29, 0.717) is 6.04 Å². The Hall–Kier alpha value is -2.06. The molecule has 0 spiro atoms. The third-order valence-electron chi connectivity index (χ3n) is 5.51. The van der Waals surface area contributed by atoms with E-state index in [2.05, 4.69) is 52.9 Å². The number of hydrogen-bond acceptors (Lipinski definition) is 1. The lowest BCUT2D eigenvalue weighted by atomic mass is 10.0. The smallest absolute Gasteiger partial charge is 0.0953 e. The maximum atomic E-state index is 5.98. The molecule has 0 saturated heterocycles. The Bertz CT molecular complexity index is 833. The number of halogens is 1. The van der Waals surface area contributed by atoms with E-state index in [-0.39, 0.29) is 0 Å². The van der Waals surface area contributed by atoms with Crippen LogP contribution in [0.3, 0.4) is 0 Å². The first-order valence-electron chi connectivity index (χ1n) is 9.13. The average molecular weight is 351 g/mol. The molecule has 1 fully saturated rings. The van der Waals surface area contributed by atoms with Gasteiger partial charge in [0.25, 0.3) is 0 Å². The van der Waals surface area contributed by atoms with E-state index in [1.807, 2.05) is 24.7 Å². The standard InChI is InChI=1S/C22H23ClN2/c1-2-16-3-12-21(13-16)25-15-24-14-22(25)19-6-4-17(5-7-19)18-8-10-20(23)11-9-18/h4-11,14-16,21H,2-3,12-13H2,1H3. The quantitative estimate of drug-likeness (QED) is 0.516. The van der Waals surface area contributed by atoms with Crippen LogP contribution in [0.25, 0.3) is 22.4 Å². The Morgan fingerprint density at radius 2 is 1.60 bits per heavy atom. The molecule has 0 amide bonds. The van der Waals surface area contributed by atoms with Crippen molar-refractivity contribution in [1.82, 2.24) is 9.55 Å². The Labute approximate surface area is 154 Å². The van der Waals surface area contributed by atoms with E-state index in [0.717, 1.165) is 10.9 Å². The predicted molar refractivity (Wildman–Crippen MR) is 105 cm³/mol. The molecule has 2 aromatic carbocycles. The number of nitrogens with zero attached hydrogens (tertiary/aromatic N) is 2. The van der Waals surface area contributed by atoms with Gasteiger partial charge in [0.1, 0.15) is 0 Å². The Morgan fingerprint density at radius 1 is 0.960 bits per heavy atom. The van der Waals surface area contributed by atoms with E-state index in [9.17, 15) is 0 Å². The fourth-order valence-corrected chi connectivity index (χ4v) is 4.09. The van der Waals surface area contributed by atoms with Gasteiger partial charge >= 0.3 is 0 Å². The second-order valence-electron chi connectivity index (χ2n) is 7.01. The van der Waals surface area contributed by atoms with E-state index in [4.69, 9.17) is 11.6 Å². The van der Waals surface area contributed by atoms with Gasteiger partial charge in [0.05, 0.1) is 18.2 Å². The monoisotopic (exact) mass is 350 g/mol. The number of hydrogen-bond donors (Lipinski definition) is 0. The van der Waals surface area contributed by atoms with Crippen LogP contribution in [-0.2, 0) is 0 Å². The molecule has 1 aromatic heterocycles. The molecule has 3 aromatic rings. The highest BCUT2D eigenvalue weighted by Gasteiger charge is 2.26. The fraction of sp³-hybridized carbons (Fsp3) is 0.318. The van der Waals surface area contributed by atoms with Crippen molar-refractivity contribution in [1.29, 1.82) is 0 Å². The molecule has 0 radical (unpaired) electrons. The molecule has 0 aliphatic heterocycles. The van der Waals surface area contributed by atoms with Crippen molar-refractivity contribution in [3.8, 4) is 22.4 Å². The second-order valence-corrected chi connectivity index (χ2v) is 7.45. The Kier molecular flexibility index (Phi) is 4.63. The lowest BCUT2D eigenvalue weighted by molar-refractivity contribution is 0.470. The van der Waals surface area contributed by atoms with Gasteiger partial charge in [0.2, 0.25) is 0 Å². The first-order chi connectivity index (χ1) is 12.2. The molecule has 25 heavy (non-hydrogen) atoms. The molecule has 0 N–H and O–H groups in total. The third kappa shape index (κ3) is 3.36. The third-order valence-corrected chi connectivity index (χ3v) is 5.76. The van der Waals surface area contributed by atoms with Gasteiger partial charge < -0.3 is 4.57 Å². The molecule has 1 aliphatic carbocycles. The highest BCUT2D eigenvalue weighted by molar-refractivity contribution is 6.30. The van der Waals surface area contributed by atoms with Crippen molar-refractivity contribution in [3.05, 3.63) is 66.1 Å². The Morgan fingerprint density at radius 3 is 2.24 bits per heavy atom. The summed E-state index contributed by atoms with van der Waals surface area (Å²) in [6, 6.07) is 17.3. The van der Waals surface area contributed by atoms with Crippen LogP contribution in [-0.4, -0.2) is 9.55 Å². The highest BCUT2D eigenvalue weighted by atomic mass is 35.5. The molecule has 2 atom stereocenters. The Balaban J connectivity index is 1.59. The van der Waals surface area contributed by atoms with Crippen molar-refractivity contribution in [2.45, 2.75) is 38.6 Å². The van der Waals surface area contributed by atoms with E-state index in [1.54, 1.807) is 0 Å². The average Bonchev–Trinajstić information content (AvgIpc) is 3.31. The van der Waals surface area contributed by atoms with Crippen LogP contribution < -0.4 is 0 Å². The van der Waals surface area contributed by atoms with Crippen LogP contribution >= 0.6 is 11.6 Å². The van der Waals surface area contributed by atoms with Crippen LogP contribution in [0.1, 0.15) is 38.6 Å². The van der Waals surface area contributed by atoms with Gasteiger partial charge in [-0.05, 0) is 54.0 Å². The summed E-state index contributed by atoms with van der Waals surface area (Å²) in [4.78, 5) is 4.43. The van der Waals surface area contributed by atoms with Gasteiger partial charge in [0, 0.05) is 11.1 Å². The van der Waals surface area contributed by atoms with Gasteiger partial charge in [-0.15, -0.1) is 0 Å². The van der Waals surface area contributed by atoms with Crippen molar-refractivity contribution in [2.24, 2.45) is 5.92 Å². The maximum Gasteiger partial charge on any atom is 0.0953 e. The normalized spacial score (nSPS) is 20.1. The number of benzene rings is 2. The van der Waals surface area contributed by atoms with Gasteiger partial charge in [0.15, 0.2) is 0 Å². The van der Waals surface area contributed by atoms with Crippen molar-refractivity contribution in [2.75, 3.05) is 0 Å². The number of rotatable bonds is 4. The summed E-state index contributed by atoms with van der Waals surface area (Å²) in [6.07, 6.45) is 9.18. The lowest BCUT2D eigenvalue weighted by Gasteiger charge is -2.16. The van der Waals surface area contributed by atoms with E-state index < -0.39 is 0 Å². The summed E-state index contributed by atoms with van der Waals surface area (Å²) in [5.41, 5.74) is 4.85. The SMILES string of the molecule is CCC1CCC(n2cncc2-c2ccc(-c3ccc(Cl)cc3)cc2)C1. The first-order valence-corrected chi connectivity index (χ1v) is 9.50. The van der Waals surface area contributed by atoms with Crippen molar-refractivity contribution in [3.63, 3.8) is 0 Å². The predicted octanol–water partition coefficient (Wildman–Crippen LogP) is 6.62. The van der Waals surface area contributed by atoms with Gasteiger partial charge in [-0.3, -0.25) is 0 Å². The van der Waals surface area contributed by atoms with E-state index in [1.165, 1.54) is 48.1 Å². The molecule has 4 rings (SSSR count). The number of imidazole rings is 1. The highest BCUT2D eigenvalue weighted by Crippen LogP contribution is 2.38. The first kappa shape index (κ1) is 16.4. The zero-order chi connectivity index (χ0) is 17.2. The molecular weight excluding hydrogens is 328 g/mol. The lowest BCUT2D eigenvalue weighted by Crippen LogP contribution is -2.06. The molecule has 1 heterocycles. The summed E-state index contributed by atoms with van der Waals surface area (Å²) in [6.45, 7) is 2.30. The zero-order valence-corrected chi connectivity index (χ0v) is 15.3. The van der Waals surface area contributed by atoms with Crippen LogP contribution in [0.4, 0.5) is 0 Å². The van der Waals surface area contributed by atoms with Gasteiger partial charge in [-0.2, -0.15) is 0 Å². The molecule has 1 saturated carbocycles. The van der Waals surface area contributed by atoms with Crippen LogP contribution in [0.2, 0.25) is 5.02 Å². The van der Waals surface area contributed by atoms with Crippen LogP contribution in [0.5, 0.6) is 0 Å². The largest absolute Gasteiger partial charge is 0.327 e. The summed E-state index contributed by atoms with van der Waals surface area (Å²) in [7, 11) is 0. The minimum absolute atomic E-state index is 0.596. The summed E-state index contributed by atoms with van der Waals surface area (Å²) in [5, 5.41) is 0.770. The minimum atomic E-state index is 0.596. The second kappa shape index (κ2) is 7.05. The summed E-state index contributed by atoms with van der Waals surface area (Å²) < 4.78 is 2.38. The topological polar surface area (TPSA) is 17.8 Å². The van der Waals surface area contributed by atoms with Crippen LogP contribution in [0.15, 0.2) is 61.1 Å². The van der Waals surface area contributed by atoms with Crippen molar-refractivity contribution < 1.29 is 0 Å².